The molecule has 1 aromatic carbocycles. The van der Waals surface area contributed by atoms with Crippen molar-refractivity contribution in [1.29, 1.82) is 0 Å². The van der Waals surface area contributed by atoms with E-state index in [-0.39, 0.29) is 35.3 Å². The topological polar surface area (TPSA) is 69.6 Å². The van der Waals surface area contributed by atoms with Crippen LogP contribution in [0.25, 0.3) is 0 Å². The van der Waals surface area contributed by atoms with Gasteiger partial charge in [0.15, 0.2) is 0 Å². The molecule has 2 rings (SSSR count). The number of amides is 1. The third kappa shape index (κ3) is 5.43. The molecule has 1 aliphatic carbocycles. The first kappa shape index (κ1) is 23.1. The minimum atomic E-state index is -0.284. The van der Waals surface area contributed by atoms with E-state index in [1.165, 1.54) is 5.57 Å². The molecule has 0 aromatic heterocycles. The highest BCUT2D eigenvalue weighted by atomic mass is 16.3. The number of phenolic OH excluding ortho intramolecular Hbond substituents is 2. The molecule has 0 unspecified atom stereocenters. The first-order valence-electron chi connectivity index (χ1n) is 10.9. The van der Waals surface area contributed by atoms with Crippen molar-refractivity contribution in [2.45, 2.75) is 85.1 Å². The van der Waals surface area contributed by atoms with Gasteiger partial charge in [-0.05, 0) is 70.9 Å². The lowest BCUT2D eigenvalue weighted by Gasteiger charge is -2.32. The number of hydrogen-bond donors (Lipinski definition) is 3. The van der Waals surface area contributed by atoms with E-state index in [4.69, 9.17) is 0 Å². The number of unbranched alkanes of at least 4 members (excludes halogenated alkanes) is 2. The van der Waals surface area contributed by atoms with Crippen LogP contribution in [0.1, 0.15) is 94.1 Å². The molecule has 2 atom stereocenters. The van der Waals surface area contributed by atoms with E-state index in [2.05, 4.69) is 31.8 Å². The van der Waals surface area contributed by atoms with Crippen LogP contribution in [0.15, 0.2) is 29.9 Å². The third-order valence-electron chi connectivity index (χ3n) is 5.81. The monoisotopic (exact) mass is 399 g/mol. The Morgan fingerprint density at radius 2 is 2.00 bits per heavy atom. The Bertz CT molecular complexity index is 792. The quantitative estimate of drug-likeness (QED) is 0.372. The van der Waals surface area contributed by atoms with Crippen LogP contribution in [0.5, 0.6) is 11.5 Å². The molecule has 160 valence electrons. The average molecular weight is 400 g/mol. The molecule has 4 heteroatoms. The van der Waals surface area contributed by atoms with Crippen LogP contribution >= 0.6 is 0 Å². The zero-order valence-corrected chi connectivity index (χ0v) is 18.6. The molecule has 1 aliphatic rings. The number of aryl methyl sites for hydroxylation is 1. The zero-order valence-electron chi connectivity index (χ0n) is 18.6. The van der Waals surface area contributed by atoms with Gasteiger partial charge < -0.3 is 15.5 Å². The minimum absolute atomic E-state index is 0.0392. The van der Waals surface area contributed by atoms with Gasteiger partial charge in [-0.3, -0.25) is 4.79 Å². The Morgan fingerprint density at radius 1 is 1.31 bits per heavy atom. The van der Waals surface area contributed by atoms with Crippen LogP contribution < -0.4 is 5.32 Å². The molecular weight excluding hydrogens is 362 g/mol. The van der Waals surface area contributed by atoms with Crippen molar-refractivity contribution >= 4 is 5.91 Å². The van der Waals surface area contributed by atoms with Crippen molar-refractivity contribution in [3.63, 3.8) is 0 Å². The van der Waals surface area contributed by atoms with Gasteiger partial charge in [0.05, 0.1) is 5.56 Å². The fourth-order valence-corrected chi connectivity index (χ4v) is 4.31. The first-order chi connectivity index (χ1) is 13.7. The molecule has 0 saturated heterocycles. The van der Waals surface area contributed by atoms with E-state index in [0.717, 1.165) is 37.7 Å². The number of carbonyl (C=O) groups is 1. The normalized spacial score (nSPS) is 19.2. The smallest absolute Gasteiger partial charge is 0.255 e. The van der Waals surface area contributed by atoms with Crippen molar-refractivity contribution in [2.75, 3.05) is 0 Å². The number of aromatic hydroxyl groups is 2. The third-order valence-corrected chi connectivity index (χ3v) is 5.81. The minimum Gasteiger partial charge on any atom is -0.507 e. The van der Waals surface area contributed by atoms with Gasteiger partial charge in [-0.15, -0.1) is 0 Å². The van der Waals surface area contributed by atoms with Crippen molar-refractivity contribution in [1.82, 2.24) is 5.32 Å². The molecular formula is C25H37NO3. The molecule has 0 fully saturated rings. The summed E-state index contributed by atoms with van der Waals surface area (Å²) in [5, 5.41) is 25.1. The summed E-state index contributed by atoms with van der Waals surface area (Å²) < 4.78 is 0. The first-order valence-corrected chi connectivity index (χ1v) is 10.9. The average Bonchev–Trinajstić information content (AvgIpc) is 2.60. The summed E-state index contributed by atoms with van der Waals surface area (Å²) in [6.07, 6.45) is 7.68. The van der Waals surface area contributed by atoms with E-state index < -0.39 is 0 Å². The van der Waals surface area contributed by atoms with Gasteiger partial charge in [-0.25, -0.2) is 0 Å². The van der Waals surface area contributed by atoms with Gasteiger partial charge in [0.2, 0.25) is 0 Å². The second-order valence-electron chi connectivity index (χ2n) is 8.81. The number of rotatable bonds is 8. The van der Waals surface area contributed by atoms with E-state index >= 15 is 0 Å². The van der Waals surface area contributed by atoms with Crippen LogP contribution in [0.4, 0.5) is 0 Å². The van der Waals surface area contributed by atoms with Crippen LogP contribution in [0.3, 0.4) is 0 Å². The van der Waals surface area contributed by atoms with Gasteiger partial charge in [-0.1, -0.05) is 43.6 Å². The highest BCUT2D eigenvalue weighted by Crippen LogP contribution is 2.48. The largest absolute Gasteiger partial charge is 0.507 e. The summed E-state index contributed by atoms with van der Waals surface area (Å²) in [7, 11) is 0. The maximum Gasteiger partial charge on any atom is 0.255 e. The Morgan fingerprint density at radius 3 is 2.59 bits per heavy atom. The molecule has 3 N–H and O–H groups in total. The molecule has 0 heterocycles. The number of hydrogen-bond acceptors (Lipinski definition) is 3. The van der Waals surface area contributed by atoms with Gasteiger partial charge in [0, 0.05) is 17.5 Å². The van der Waals surface area contributed by atoms with E-state index in [9.17, 15) is 15.0 Å². The standard InChI is InChI=1S/C25H37NO3/c1-7-8-9-10-18-14-21(27)23(24(28)22(18)25(29)26-16(4)5)20-13-17(6)11-12-19(20)15(2)3/h13-14,16,19-20,27-28H,2,7-12H2,1,3-6H3,(H,26,29)/t19-,20+/m0/s1. The predicted molar refractivity (Wildman–Crippen MR) is 120 cm³/mol. The number of allylic oxidation sites excluding steroid dienone is 3. The van der Waals surface area contributed by atoms with Crippen LogP contribution in [0, 0.1) is 5.92 Å². The molecule has 1 amide bonds. The molecule has 0 aliphatic heterocycles. The van der Waals surface area contributed by atoms with Crippen LogP contribution in [-0.2, 0) is 6.42 Å². The predicted octanol–water partition coefficient (Wildman–Crippen LogP) is 5.98. The summed E-state index contributed by atoms with van der Waals surface area (Å²) in [5.74, 6) is -0.359. The summed E-state index contributed by atoms with van der Waals surface area (Å²) in [5.41, 5.74) is 3.72. The van der Waals surface area contributed by atoms with Crippen molar-refractivity contribution in [2.24, 2.45) is 5.92 Å². The van der Waals surface area contributed by atoms with Crippen molar-refractivity contribution in [3.05, 3.63) is 46.6 Å². The Hall–Kier alpha value is -2.23. The highest BCUT2D eigenvalue weighted by Gasteiger charge is 2.33. The molecule has 4 nitrogen and oxygen atoms in total. The van der Waals surface area contributed by atoms with E-state index in [1.54, 1.807) is 6.07 Å². The molecule has 29 heavy (non-hydrogen) atoms. The molecule has 0 saturated carbocycles. The Labute approximate surface area is 175 Å². The maximum absolute atomic E-state index is 13.0. The lowest BCUT2D eigenvalue weighted by atomic mass is 9.73. The van der Waals surface area contributed by atoms with E-state index in [1.807, 2.05) is 20.8 Å². The Balaban J connectivity index is 2.62. The fourth-order valence-electron chi connectivity index (χ4n) is 4.31. The molecule has 0 bridgehead atoms. The summed E-state index contributed by atoms with van der Waals surface area (Å²) in [6, 6.07) is 1.65. The van der Waals surface area contributed by atoms with Crippen molar-refractivity contribution < 1.29 is 15.0 Å². The van der Waals surface area contributed by atoms with Crippen LogP contribution in [-0.4, -0.2) is 22.2 Å². The number of carbonyl (C=O) groups excluding carboxylic acids is 1. The van der Waals surface area contributed by atoms with Crippen LogP contribution in [0.2, 0.25) is 0 Å². The Kier molecular flexibility index (Phi) is 7.95. The lowest BCUT2D eigenvalue weighted by molar-refractivity contribution is 0.0939. The molecule has 0 spiro atoms. The van der Waals surface area contributed by atoms with Gasteiger partial charge >= 0.3 is 0 Å². The maximum atomic E-state index is 13.0. The second kappa shape index (κ2) is 10.00. The van der Waals surface area contributed by atoms with Gasteiger partial charge in [-0.2, -0.15) is 0 Å². The number of phenols is 2. The molecule has 1 aromatic rings. The molecule has 0 radical (unpaired) electrons. The SMILES string of the molecule is C=C(C)[C@@H]1CCC(C)=C[C@H]1c1c(O)cc(CCCCC)c(C(=O)NC(C)C)c1O. The fraction of sp³-hybridized carbons (Fsp3) is 0.560. The van der Waals surface area contributed by atoms with Crippen molar-refractivity contribution in [3.8, 4) is 11.5 Å². The van der Waals surface area contributed by atoms with E-state index in [0.29, 0.717) is 23.1 Å². The summed E-state index contributed by atoms with van der Waals surface area (Å²) >= 11 is 0. The number of nitrogens with one attached hydrogen (secondary N) is 1. The second-order valence-corrected chi connectivity index (χ2v) is 8.81. The summed E-state index contributed by atoms with van der Waals surface area (Å²) in [4.78, 5) is 13.0. The highest BCUT2D eigenvalue weighted by molar-refractivity contribution is 5.99. The van der Waals surface area contributed by atoms with Gasteiger partial charge in [0.25, 0.3) is 5.91 Å². The van der Waals surface area contributed by atoms with Gasteiger partial charge in [0.1, 0.15) is 11.5 Å². The zero-order chi connectivity index (χ0) is 21.7. The summed E-state index contributed by atoms with van der Waals surface area (Å²) in [6.45, 7) is 14.1. The number of benzene rings is 1. The lowest BCUT2D eigenvalue weighted by Crippen LogP contribution is -2.31.